The second-order valence-electron chi connectivity index (χ2n) is 8.56. The number of hydrogen-bond acceptors (Lipinski definition) is 3. The first kappa shape index (κ1) is 24.0. The number of likely N-dealkylation sites (tertiary alicyclic amines) is 1. The van der Waals surface area contributed by atoms with Gasteiger partial charge in [0.2, 0.25) is 5.91 Å². The number of aromatic nitrogens is 2. The Labute approximate surface area is 192 Å². The first-order valence-electron chi connectivity index (χ1n) is 10.8. The van der Waals surface area contributed by atoms with E-state index >= 15 is 0 Å². The first-order valence-corrected chi connectivity index (χ1v) is 10.8. The summed E-state index contributed by atoms with van der Waals surface area (Å²) in [6.45, 7) is 7.64. The molecule has 1 saturated carbocycles. The minimum Gasteiger partial charge on any atom is -0.352 e. The van der Waals surface area contributed by atoms with Gasteiger partial charge in [0.05, 0.1) is 6.54 Å². The number of nitrogens with one attached hydrogen (secondary N) is 2. The zero-order chi connectivity index (χ0) is 19.9. The summed E-state index contributed by atoms with van der Waals surface area (Å²) in [4.78, 5) is 23.6. The highest BCUT2D eigenvalue weighted by Gasteiger charge is 2.31. The van der Waals surface area contributed by atoms with Crippen molar-refractivity contribution in [2.75, 3.05) is 20.1 Å². The van der Waals surface area contributed by atoms with Gasteiger partial charge >= 0.3 is 0 Å². The van der Waals surface area contributed by atoms with Crippen LogP contribution in [0.2, 0.25) is 0 Å². The fraction of sp³-hybridized carbons (Fsp3) is 0.762. The van der Waals surface area contributed by atoms with Gasteiger partial charge < -0.3 is 20.1 Å². The van der Waals surface area contributed by atoms with Crippen molar-refractivity contribution in [3.8, 4) is 0 Å². The van der Waals surface area contributed by atoms with E-state index in [1.807, 2.05) is 12.4 Å². The van der Waals surface area contributed by atoms with Crippen molar-refractivity contribution in [1.82, 2.24) is 25.1 Å². The summed E-state index contributed by atoms with van der Waals surface area (Å²) in [5.74, 6) is 2.98. The molecule has 7 nitrogen and oxygen atoms in total. The minimum atomic E-state index is 0. The Morgan fingerprint density at radius 3 is 2.72 bits per heavy atom. The number of halogens is 1. The summed E-state index contributed by atoms with van der Waals surface area (Å²) in [5.41, 5.74) is 0. The molecule has 1 aromatic rings. The molecule has 1 atom stereocenters. The maximum absolute atomic E-state index is 12.7. The van der Waals surface area contributed by atoms with Crippen LogP contribution >= 0.6 is 24.0 Å². The van der Waals surface area contributed by atoms with Crippen LogP contribution in [0, 0.1) is 11.8 Å². The number of nitrogens with zero attached hydrogens (tertiary/aromatic N) is 4. The Morgan fingerprint density at radius 2 is 2.03 bits per heavy atom. The summed E-state index contributed by atoms with van der Waals surface area (Å²) in [7, 11) is 1.79. The van der Waals surface area contributed by atoms with Crippen molar-refractivity contribution in [2.45, 2.75) is 71.5 Å². The van der Waals surface area contributed by atoms with Crippen LogP contribution in [0.15, 0.2) is 17.4 Å². The number of amides is 1. The lowest BCUT2D eigenvalue weighted by Crippen LogP contribution is -2.45. The van der Waals surface area contributed by atoms with Crippen LogP contribution in [-0.2, 0) is 17.9 Å². The molecule has 29 heavy (non-hydrogen) atoms. The van der Waals surface area contributed by atoms with Crippen LogP contribution in [0.3, 0.4) is 0 Å². The predicted molar refractivity (Wildman–Crippen MR) is 127 cm³/mol. The van der Waals surface area contributed by atoms with Gasteiger partial charge in [0.15, 0.2) is 5.96 Å². The molecule has 0 bridgehead atoms. The molecule has 1 aromatic heterocycles. The van der Waals surface area contributed by atoms with E-state index in [1.165, 1.54) is 19.3 Å². The van der Waals surface area contributed by atoms with Crippen molar-refractivity contribution in [3.63, 3.8) is 0 Å². The highest BCUT2D eigenvalue weighted by molar-refractivity contribution is 14.0. The smallest absolute Gasteiger partial charge is 0.225 e. The number of rotatable bonds is 6. The molecule has 164 valence electrons. The van der Waals surface area contributed by atoms with Crippen LogP contribution in [0.4, 0.5) is 0 Å². The highest BCUT2D eigenvalue weighted by Crippen LogP contribution is 2.26. The standard InChI is InChI=1S/C21H36N6O.HI/c1-16(2)14-26-12-10-23-19(26)13-24-21(22-3)25-18-9-11-27(15-18)20(28)17-7-5-4-6-8-17;/h10,12,16-18H,4-9,11,13-15H2,1-3H3,(H2,22,24,25);1H. The van der Waals surface area contributed by atoms with Crippen LogP contribution < -0.4 is 10.6 Å². The molecule has 8 heteroatoms. The Hall–Kier alpha value is -1.32. The summed E-state index contributed by atoms with van der Waals surface area (Å²) >= 11 is 0. The number of imidazole rings is 1. The predicted octanol–water partition coefficient (Wildman–Crippen LogP) is 3.00. The largest absolute Gasteiger partial charge is 0.352 e. The molecule has 1 saturated heterocycles. The van der Waals surface area contributed by atoms with Crippen molar-refractivity contribution in [1.29, 1.82) is 0 Å². The number of aliphatic imine (C=N–C) groups is 1. The Bertz CT molecular complexity index is 668. The molecule has 0 radical (unpaired) electrons. The van der Waals surface area contributed by atoms with Gasteiger partial charge in [0.1, 0.15) is 5.82 Å². The third-order valence-corrected chi connectivity index (χ3v) is 5.80. The summed E-state index contributed by atoms with van der Waals surface area (Å²) in [5, 5.41) is 6.86. The summed E-state index contributed by atoms with van der Waals surface area (Å²) < 4.78 is 2.19. The number of carbonyl (C=O) groups is 1. The first-order chi connectivity index (χ1) is 13.6. The van der Waals surface area contributed by atoms with Gasteiger partial charge in [-0.2, -0.15) is 0 Å². The lowest BCUT2D eigenvalue weighted by atomic mass is 9.88. The molecule has 3 rings (SSSR count). The molecule has 2 N–H and O–H groups in total. The van der Waals surface area contributed by atoms with E-state index < -0.39 is 0 Å². The Balaban J connectivity index is 0.00000300. The van der Waals surface area contributed by atoms with Crippen LogP contribution in [0.1, 0.15) is 58.2 Å². The molecule has 2 aliphatic rings. The molecule has 2 heterocycles. The van der Waals surface area contributed by atoms with Crippen molar-refractivity contribution in [3.05, 3.63) is 18.2 Å². The number of carbonyl (C=O) groups excluding carboxylic acids is 1. The van der Waals surface area contributed by atoms with Gasteiger partial charge in [-0.25, -0.2) is 4.98 Å². The van der Waals surface area contributed by atoms with Crippen LogP contribution in [0.5, 0.6) is 0 Å². The van der Waals surface area contributed by atoms with E-state index in [9.17, 15) is 4.79 Å². The zero-order valence-electron chi connectivity index (χ0n) is 18.1. The maximum Gasteiger partial charge on any atom is 0.225 e. The van der Waals surface area contributed by atoms with E-state index in [-0.39, 0.29) is 35.9 Å². The Kier molecular flexibility index (Phi) is 9.71. The molecule has 1 unspecified atom stereocenters. The fourth-order valence-corrected chi connectivity index (χ4v) is 4.30. The van der Waals surface area contributed by atoms with Gasteiger partial charge in [0.25, 0.3) is 0 Å². The monoisotopic (exact) mass is 516 g/mol. The summed E-state index contributed by atoms with van der Waals surface area (Å²) in [6, 6.07) is 0.258. The van der Waals surface area contributed by atoms with E-state index in [4.69, 9.17) is 0 Å². The topological polar surface area (TPSA) is 74.6 Å². The second-order valence-corrected chi connectivity index (χ2v) is 8.56. The lowest BCUT2D eigenvalue weighted by Gasteiger charge is -2.26. The highest BCUT2D eigenvalue weighted by atomic mass is 127. The average Bonchev–Trinajstić information content (AvgIpc) is 3.34. The van der Waals surface area contributed by atoms with Crippen molar-refractivity contribution in [2.24, 2.45) is 16.8 Å². The van der Waals surface area contributed by atoms with Gasteiger partial charge in [-0.1, -0.05) is 33.1 Å². The third-order valence-electron chi connectivity index (χ3n) is 5.80. The molecule has 0 aromatic carbocycles. The zero-order valence-corrected chi connectivity index (χ0v) is 20.4. The molecule has 1 aliphatic carbocycles. The van der Waals surface area contributed by atoms with Gasteiger partial charge in [-0.05, 0) is 25.2 Å². The average molecular weight is 516 g/mol. The van der Waals surface area contributed by atoms with Crippen molar-refractivity contribution >= 4 is 35.8 Å². The fourth-order valence-electron chi connectivity index (χ4n) is 4.30. The molecule has 0 spiro atoms. The van der Waals surface area contributed by atoms with E-state index in [1.54, 1.807) is 7.05 Å². The van der Waals surface area contributed by atoms with Crippen LogP contribution in [0.25, 0.3) is 0 Å². The van der Waals surface area contributed by atoms with Gasteiger partial charge in [-0.15, -0.1) is 24.0 Å². The normalized spacial score (nSPS) is 20.6. The SMILES string of the molecule is CN=C(NCc1nccn1CC(C)C)NC1CCN(C(=O)C2CCCCC2)C1.I. The summed E-state index contributed by atoms with van der Waals surface area (Å²) in [6.07, 6.45) is 10.7. The third kappa shape index (κ3) is 6.86. The Morgan fingerprint density at radius 1 is 1.28 bits per heavy atom. The van der Waals surface area contributed by atoms with Crippen molar-refractivity contribution < 1.29 is 4.79 Å². The lowest BCUT2D eigenvalue weighted by molar-refractivity contribution is -0.135. The quantitative estimate of drug-likeness (QED) is 0.347. The molecular weight excluding hydrogens is 479 g/mol. The molecule has 1 amide bonds. The van der Waals surface area contributed by atoms with Gasteiger partial charge in [0, 0.05) is 51.0 Å². The van der Waals surface area contributed by atoms with Gasteiger partial charge in [-0.3, -0.25) is 9.79 Å². The van der Waals surface area contributed by atoms with E-state index in [0.717, 1.165) is 50.7 Å². The minimum absolute atomic E-state index is 0. The molecule has 2 fully saturated rings. The molecular formula is C21H37IN6O. The maximum atomic E-state index is 12.7. The van der Waals surface area contributed by atoms with Crippen LogP contribution in [-0.4, -0.2) is 52.5 Å². The molecule has 1 aliphatic heterocycles. The number of guanidine groups is 1. The number of hydrogen-bond donors (Lipinski definition) is 2. The van der Waals surface area contributed by atoms with E-state index in [0.29, 0.717) is 18.4 Å². The second kappa shape index (κ2) is 11.8. The van der Waals surface area contributed by atoms with E-state index in [2.05, 4.69) is 43.9 Å².